The number of fused-ring (bicyclic) bond motifs is 5. The third kappa shape index (κ3) is 2.27. The van der Waals surface area contributed by atoms with Gasteiger partial charge in [-0.25, -0.2) is 0 Å². The minimum Gasteiger partial charge on any atom is -0.376 e. The Kier molecular flexibility index (Phi) is 3.47. The van der Waals surface area contributed by atoms with E-state index >= 15 is 0 Å². The molecule has 0 aromatic heterocycles. The predicted octanol–water partition coefficient (Wildman–Crippen LogP) is 1.16. The number of carbonyl (C=O) groups is 1. The number of hydrogen-bond acceptors (Lipinski definition) is 3. The molecule has 4 atom stereocenters. The van der Waals surface area contributed by atoms with E-state index in [1.54, 1.807) is 0 Å². The molecular weight excluding hydrogens is 252 g/mol. The molecule has 1 aliphatic heterocycles. The number of rotatable bonds is 5. The molecule has 0 aromatic rings. The van der Waals surface area contributed by atoms with Crippen molar-refractivity contribution in [1.29, 1.82) is 0 Å². The summed E-state index contributed by atoms with van der Waals surface area (Å²) in [5.41, 5.74) is 0. The molecule has 0 spiro atoms. The number of ether oxygens (including phenoxy) is 1. The van der Waals surface area contributed by atoms with Crippen LogP contribution in [-0.4, -0.2) is 38.3 Å². The van der Waals surface area contributed by atoms with Gasteiger partial charge in [-0.05, 0) is 68.9 Å². The Morgan fingerprint density at radius 1 is 1.10 bits per heavy atom. The number of piperidine rings is 1. The summed E-state index contributed by atoms with van der Waals surface area (Å²) in [7, 11) is 0. The van der Waals surface area contributed by atoms with E-state index in [1.807, 2.05) is 0 Å². The molecule has 2 N–H and O–H groups in total. The quantitative estimate of drug-likeness (QED) is 0.742. The van der Waals surface area contributed by atoms with Crippen LogP contribution < -0.4 is 10.6 Å². The Bertz CT molecular complexity index is 365. The first-order chi connectivity index (χ1) is 9.84. The van der Waals surface area contributed by atoms with Crippen LogP contribution in [-0.2, 0) is 9.53 Å². The van der Waals surface area contributed by atoms with Crippen LogP contribution in [0.2, 0.25) is 0 Å². The first kappa shape index (κ1) is 13.1. The smallest absolute Gasteiger partial charge is 0.223 e. The second-order valence-electron chi connectivity index (χ2n) is 7.12. The maximum absolute atomic E-state index is 12.2. The molecule has 4 aliphatic rings. The van der Waals surface area contributed by atoms with Crippen LogP contribution >= 0.6 is 0 Å². The van der Waals surface area contributed by atoms with Crippen LogP contribution in [0.3, 0.4) is 0 Å². The zero-order chi connectivity index (χ0) is 13.5. The molecule has 1 heterocycles. The summed E-state index contributed by atoms with van der Waals surface area (Å²) >= 11 is 0. The Morgan fingerprint density at radius 3 is 2.50 bits per heavy atom. The molecule has 1 saturated heterocycles. The Hall–Kier alpha value is -0.610. The summed E-state index contributed by atoms with van der Waals surface area (Å²) in [5.74, 6) is 3.93. The number of hydrogen-bond donors (Lipinski definition) is 2. The summed E-state index contributed by atoms with van der Waals surface area (Å²) < 4.78 is 5.83. The van der Waals surface area contributed by atoms with Gasteiger partial charge in [-0.15, -0.1) is 0 Å². The fourth-order valence-corrected chi connectivity index (χ4v) is 5.16. The van der Waals surface area contributed by atoms with Crippen LogP contribution in [0.4, 0.5) is 0 Å². The highest BCUT2D eigenvalue weighted by Crippen LogP contribution is 2.69. The predicted molar refractivity (Wildman–Crippen MR) is 76.2 cm³/mol. The number of nitrogens with one attached hydrogen (secondary N) is 2. The van der Waals surface area contributed by atoms with E-state index in [1.165, 1.54) is 19.3 Å². The van der Waals surface area contributed by atoms with Crippen molar-refractivity contribution in [3.05, 3.63) is 0 Å². The van der Waals surface area contributed by atoms with E-state index in [9.17, 15) is 4.79 Å². The molecule has 0 aromatic carbocycles. The van der Waals surface area contributed by atoms with Crippen molar-refractivity contribution in [1.82, 2.24) is 10.6 Å². The van der Waals surface area contributed by atoms with Crippen molar-refractivity contribution in [2.75, 3.05) is 26.2 Å². The maximum atomic E-state index is 12.2. The van der Waals surface area contributed by atoms with Crippen LogP contribution in [0.5, 0.6) is 0 Å². The summed E-state index contributed by atoms with van der Waals surface area (Å²) in [6.07, 6.45) is 6.78. The van der Waals surface area contributed by atoms with Gasteiger partial charge in [0.1, 0.15) is 0 Å². The third-order valence-electron chi connectivity index (χ3n) is 6.08. The minimum absolute atomic E-state index is 0.311. The van der Waals surface area contributed by atoms with E-state index in [0.717, 1.165) is 49.6 Å². The monoisotopic (exact) mass is 278 g/mol. The summed E-state index contributed by atoms with van der Waals surface area (Å²) in [6, 6.07) is 0. The Balaban J connectivity index is 1.15. The highest BCUT2D eigenvalue weighted by atomic mass is 16.5. The van der Waals surface area contributed by atoms with Gasteiger partial charge >= 0.3 is 0 Å². The molecule has 3 aliphatic carbocycles. The van der Waals surface area contributed by atoms with E-state index in [-0.39, 0.29) is 0 Å². The second kappa shape index (κ2) is 5.30. The van der Waals surface area contributed by atoms with Crippen molar-refractivity contribution in [3.8, 4) is 0 Å². The Labute approximate surface area is 121 Å². The largest absolute Gasteiger partial charge is 0.376 e. The van der Waals surface area contributed by atoms with Crippen molar-refractivity contribution >= 4 is 5.91 Å². The van der Waals surface area contributed by atoms with Crippen LogP contribution in [0.15, 0.2) is 0 Å². The van der Waals surface area contributed by atoms with Gasteiger partial charge in [0.25, 0.3) is 0 Å². The highest BCUT2D eigenvalue weighted by molar-refractivity contribution is 5.82. The van der Waals surface area contributed by atoms with Gasteiger partial charge in [0.15, 0.2) is 0 Å². The molecule has 4 rings (SSSR count). The molecule has 4 nitrogen and oxygen atoms in total. The van der Waals surface area contributed by atoms with Crippen molar-refractivity contribution in [2.24, 2.45) is 29.6 Å². The molecule has 4 unspecified atom stereocenters. The standard InChI is InChI=1S/C16H26N2O2/c19-16(15-13-10-1-2-11(9-10)14(13)15)18-7-8-20-12-3-5-17-6-4-12/h10-15,17H,1-9H2,(H,18,19). The van der Waals surface area contributed by atoms with Gasteiger partial charge in [-0.2, -0.15) is 0 Å². The van der Waals surface area contributed by atoms with Gasteiger partial charge < -0.3 is 15.4 Å². The third-order valence-corrected chi connectivity index (χ3v) is 6.08. The minimum atomic E-state index is 0.311. The molecule has 4 fully saturated rings. The first-order valence-electron chi connectivity index (χ1n) is 8.44. The highest BCUT2D eigenvalue weighted by Gasteiger charge is 2.67. The molecule has 1 amide bonds. The van der Waals surface area contributed by atoms with Gasteiger partial charge in [-0.1, -0.05) is 0 Å². The van der Waals surface area contributed by atoms with Crippen molar-refractivity contribution in [2.45, 2.75) is 38.2 Å². The molecule has 4 heteroatoms. The average molecular weight is 278 g/mol. The van der Waals surface area contributed by atoms with Gasteiger partial charge in [-0.3, -0.25) is 4.79 Å². The fourth-order valence-electron chi connectivity index (χ4n) is 5.16. The molecule has 112 valence electrons. The summed E-state index contributed by atoms with van der Waals surface area (Å²) in [4.78, 5) is 12.2. The van der Waals surface area contributed by atoms with Crippen molar-refractivity contribution in [3.63, 3.8) is 0 Å². The van der Waals surface area contributed by atoms with Crippen LogP contribution in [0.1, 0.15) is 32.1 Å². The van der Waals surface area contributed by atoms with E-state index in [4.69, 9.17) is 4.74 Å². The molecular formula is C16H26N2O2. The van der Waals surface area contributed by atoms with E-state index < -0.39 is 0 Å². The topological polar surface area (TPSA) is 50.4 Å². The molecule has 3 saturated carbocycles. The van der Waals surface area contributed by atoms with Gasteiger partial charge in [0, 0.05) is 12.5 Å². The van der Waals surface area contributed by atoms with Gasteiger partial charge in [0.2, 0.25) is 5.91 Å². The Morgan fingerprint density at radius 2 is 1.80 bits per heavy atom. The molecule has 2 bridgehead atoms. The van der Waals surface area contributed by atoms with E-state index in [0.29, 0.717) is 31.1 Å². The molecule has 20 heavy (non-hydrogen) atoms. The lowest BCUT2D eigenvalue weighted by Crippen LogP contribution is -2.35. The van der Waals surface area contributed by atoms with Gasteiger partial charge in [0.05, 0.1) is 12.7 Å². The number of amides is 1. The lowest BCUT2D eigenvalue weighted by Gasteiger charge is -2.23. The van der Waals surface area contributed by atoms with Crippen molar-refractivity contribution < 1.29 is 9.53 Å². The van der Waals surface area contributed by atoms with Crippen LogP contribution in [0, 0.1) is 29.6 Å². The summed E-state index contributed by atoms with van der Waals surface area (Å²) in [6.45, 7) is 3.48. The normalized spacial score (nSPS) is 42.5. The lowest BCUT2D eigenvalue weighted by atomic mass is 10.0. The average Bonchev–Trinajstić information content (AvgIpc) is 2.93. The summed E-state index contributed by atoms with van der Waals surface area (Å²) in [5, 5.41) is 6.44. The van der Waals surface area contributed by atoms with E-state index in [2.05, 4.69) is 10.6 Å². The lowest BCUT2D eigenvalue weighted by molar-refractivity contribution is -0.123. The maximum Gasteiger partial charge on any atom is 0.223 e. The van der Waals surface area contributed by atoms with Crippen LogP contribution in [0.25, 0.3) is 0 Å². The fraction of sp³-hybridized carbons (Fsp3) is 0.938. The zero-order valence-electron chi connectivity index (χ0n) is 12.1. The zero-order valence-corrected chi connectivity index (χ0v) is 12.1. The first-order valence-corrected chi connectivity index (χ1v) is 8.44. The molecule has 0 radical (unpaired) electrons. The second-order valence-corrected chi connectivity index (χ2v) is 7.12. The SMILES string of the molecule is O=C(NCCOC1CCNCC1)C1C2C3CCC(C3)C12. The number of carbonyl (C=O) groups excluding carboxylic acids is 1.